The van der Waals surface area contributed by atoms with Gasteiger partial charge in [0.25, 0.3) is 0 Å². The lowest BCUT2D eigenvalue weighted by atomic mass is 10.4. The SMILES string of the molecule is CCOC(=O)CSCCS(=O)(=O)c1ccccc1. The van der Waals surface area contributed by atoms with Crippen LogP contribution in [0, 0.1) is 0 Å². The van der Waals surface area contributed by atoms with Gasteiger partial charge >= 0.3 is 5.97 Å². The topological polar surface area (TPSA) is 60.4 Å². The number of carbonyl (C=O) groups excluding carboxylic acids is 1. The Morgan fingerprint density at radius 3 is 2.56 bits per heavy atom. The summed E-state index contributed by atoms with van der Waals surface area (Å²) >= 11 is 1.27. The first-order chi connectivity index (χ1) is 8.56. The molecule has 0 N–H and O–H groups in total. The molecule has 0 saturated carbocycles. The van der Waals surface area contributed by atoms with Crippen LogP contribution >= 0.6 is 11.8 Å². The van der Waals surface area contributed by atoms with Crippen LogP contribution in [0.1, 0.15) is 6.92 Å². The Balaban J connectivity index is 2.37. The molecule has 100 valence electrons. The number of esters is 1. The van der Waals surface area contributed by atoms with Gasteiger partial charge in [0.15, 0.2) is 9.84 Å². The minimum atomic E-state index is -3.24. The van der Waals surface area contributed by atoms with E-state index in [1.54, 1.807) is 37.3 Å². The Morgan fingerprint density at radius 1 is 1.28 bits per heavy atom. The van der Waals surface area contributed by atoms with E-state index in [1.165, 1.54) is 11.8 Å². The van der Waals surface area contributed by atoms with Crippen molar-refractivity contribution < 1.29 is 17.9 Å². The normalized spacial score (nSPS) is 11.2. The second-order valence-electron chi connectivity index (χ2n) is 3.49. The van der Waals surface area contributed by atoms with Crippen molar-refractivity contribution in [1.82, 2.24) is 0 Å². The second kappa shape index (κ2) is 7.43. The van der Waals surface area contributed by atoms with Crippen LogP contribution in [0.2, 0.25) is 0 Å². The Kier molecular flexibility index (Phi) is 6.21. The van der Waals surface area contributed by atoms with Gasteiger partial charge in [-0.25, -0.2) is 8.42 Å². The molecular formula is C12H16O4S2. The van der Waals surface area contributed by atoms with E-state index in [1.807, 2.05) is 0 Å². The first-order valence-corrected chi connectivity index (χ1v) is 8.38. The Morgan fingerprint density at radius 2 is 1.94 bits per heavy atom. The highest BCUT2D eigenvalue weighted by Gasteiger charge is 2.13. The minimum absolute atomic E-state index is 0.0289. The van der Waals surface area contributed by atoms with Gasteiger partial charge < -0.3 is 4.74 Å². The molecule has 0 fully saturated rings. The summed E-state index contributed by atoms with van der Waals surface area (Å²) in [5.74, 6) is 0.301. The van der Waals surface area contributed by atoms with E-state index >= 15 is 0 Å². The predicted octanol–water partition coefficient (Wildman–Crippen LogP) is 1.76. The molecule has 18 heavy (non-hydrogen) atoms. The van der Waals surface area contributed by atoms with E-state index < -0.39 is 9.84 Å². The lowest BCUT2D eigenvalue weighted by molar-refractivity contribution is -0.139. The van der Waals surface area contributed by atoms with Crippen molar-refractivity contribution in [3.8, 4) is 0 Å². The zero-order valence-corrected chi connectivity index (χ0v) is 11.8. The summed E-state index contributed by atoms with van der Waals surface area (Å²) in [7, 11) is -3.24. The molecule has 1 rings (SSSR count). The zero-order valence-electron chi connectivity index (χ0n) is 10.2. The van der Waals surface area contributed by atoms with Gasteiger partial charge in [-0.15, -0.1) is 11.8 Å². The van der Waals surface area contributed by atoms with Crippen LogP contribution in [0.5, 0.6) is 0 Å². The molecule has 0 aliphatic carbocycles. The molecule has 6 heteroatoms. The third-order valence-corrected chi connectivity index (χ3v) is 5.05. The number of thioether (sulfide) groups is 1. The highest BCUT2D eigenvalue weighted by molar-refractivity contribution is 8.01. The molecule has 1 aromatic carbocycles. The largest absolute Gasteiger partial charge is 0.465 e. The van der Waals surface area contributed by atoms with Gasteiger partial charge in [0.05, 0.1) is 23.0 Å². The number of rotatable bonds is 7. The fraction of sp³-hybridized carbons (Fsp3) is 0.417. The first kappa shape index (κ1) is 15.0. The number of hydrogen-bond acceptors (Lipinski definition) is 5. The lowest BCUT2D eigenvalue weighted by Crippen LogP contribution is -2.11. The zero-order chi connectivity index (χ0) is 13.4. The van der Waals surface area contributed by atoms with Crippen LogP contribution < -0.4 is 0 Å². The van der Waals surface area contributed by atoms with Crippen LogP contribution in [-0.4, -0.2) is 38.3 Å². The van der Waals surface area contributed by atoms with Gasteiger partial charge in [-0.3, -0.25) is 4.79 Å². The van der Waals surface area contributed by atoms with Crippen molar-refractivity contribution in [2.45, 2.75) is 11.8 Å². The van der Waals surface area contributed by atoms with Crippen molar-refractivity contribution in [2.24, 2.45) is 0 Å². The minimum Gasteiger partial charge on any atom is -0.465 e. The third-order valence-electron chi connectivity index (χ3n) is 2.12. The molecule has 0 unspecified atom stereocenters. The van der Waals surface area contributed by atoms with E-state index in [0.717, 1.165) is 0 Å². The fourth-order valence-electron chi connectivity index (χ4n) is 1.27. The highest BCUT2D eigenvalue weighted by Crippen LogP contribution is 2.12. The van der Waals surface area contributed by atoms with Crippen molar-refractivity contribution in [2.75, 3.05) is 23.9 Å². The average molecular weight is 288 g/mol. The number of hydrogen-bond donors (Lipinski definition) is 0. The van der Waals surface area contributed by atoms with E-state index in [4.69, 9.17) is 4.74 Å². The summed E-state index contributed by atoms with van der Waals surface area (Å²) < 4.78 is 28.5. The van der Waals surface area contributed by atoms with E-state index in [0.29, 0.717) is 17.3 Å². The number of ether oxygens (including phenoxy) is 1. The lowest BCUT2D eigenvalue weighted by Gasteiger charge is -2.04. The Hall–Kier alpha value is -1.01. The van der Waals surface area contributed by atoms with Gasteiger partial charge in [0.1, 0.15) is 0 Å². The maximum absolute atomic E-state index is 11.9. The monoisotopic (exact) mass is 288 g/mol. The molecule has 0 saturated heterocycles. The molecule has 0 aliphatic rings. The Bertz CT molecular complexity index is 468. The predicted molar refractivity (Wildman–Crippen MR) is 72.5 cm³/mol. The van der Waals surface area contributed by atoms with Crippen LogP contribution in [0.4, 0.5) is 0 Å². The standard InChI is InChI=1S/C12H16O4S2/c1-2-16-12(13)10-17-8-9-18(14,15)11-6-4-3-5-7-11/h3-7H,2,8-10H2,1H3. The molecular weight excluding hydrogens is 272 g/mol. The molecule has 4 nitrogen and oxygen atoms in total. The number of benzene rings is 1. The highest BCUT2D eigenvalue weighted by atomic mass is 32.2. The van der Waals surface area contributed by atoms with E-state index in [-0.39, 0.29) is 17.5 Å². The molecule has 0 amide bonds. The number of sulfone groups is 1. The fourth-order valence-corrected chi connectivity index (χ4v) is 3.82. The molecule has 0 aromatic heterocycles. The van der Waals surface area contributed by atoms with Crippen molar-refractivity contribution >= 4 is 27.6 Å². The summed E-state index contributed by atoms with van der Waals surface area (Å²) in [4.78, 5) is 11.4. The van der Waals surface area contributed by atoms with Crippen molar-refractivity contribution in [1.29, 1.82) is 0 Å². The maximum Gasteiger partial charge on any atom is 0.315 e. The van der Waals surface area contributed by atoms with Crippen LogP contribution in [0.25, 0.3) is 0 Å². The summed E-state index contributed by atoms with van der Waals surface area (Å²) in [6, 6.07) is 8.31. The van der Waals surface area contributed by atoms with Gasteiger partial charge in [0, 0.05) is 5.75 Å². The third kappa shape index (κ3) is 5.10. The summed E-state index contributed by atoms with van der Waals surface area (Å²) in [6.45, 7) is 2.09. The van der Waals surface area contributed by atoms with Gasteiger partial charge in [-0.05, 0) is 19.1 Å². The molecule has 0 atom stereocenters. The van der Waals surface area contributed by atoms with Crippen LogP contribution in [0.15, 0.2) is 35.2 Å². The van der Waals surface area contributed by atoms with Gasteiger partial charge in [-0.1, -0.05) is 18.2 Å². The maximum atomic E-state index is 11.9. The Labute approximate surface area is 112 Å². The number of carbonyl (C=O) groups is 1. The molecule has 0 heterocycles. The smallest absolute Gasteiger partial charge is 0.315 e. The van der Waals surface area contributed by atoms with Crippen molar-refractivity contribution in [3.05, 3.63) is 30.3 Å². The van der Waals surface area contributed by atoms with Crippen molar-refractivity contribution in [3.63, 3.8) is 0 Å². The van der Waals surface area contributed by atoms with Gasteiger partial charge in [-0.2, -0.15) is 0 Å². The first-order valence-electron chi connectivity index (χ1n) is 5.57. The van der Waals surface area contributed by atoms with E-state index in [9.17, 15) is 13.2 Å². The summed E-state index contributed by atoms with van der Waals surface area (Å²) in [5, 5.41) is 0. The summed E-state index contributed by atoms with van der Waals surface area (Å²) in [5.41, 5.74) is 0. The molecule has 0 aliphatic heterocycles. The molecule has 1 aromatic rings. The second-order valence-corrected chi connectivity index (χ2v) is 6.70. The quantitative estimate of drug-likeness (QED) is 0.565. The van der Waals surface area contributed by atoms with Crippen LogP contribution in [0.3, 0.4) is 0 Å². The van der Waals surface area contributed by atoms with Crippen LogP contribution in [-0.2, 0) is 19.4 Å². The average Bonchev–Trinajstić information content (AvgIpc) is 2.36. The molecule has 0 bridgehead atoms. The molecule has 0 spiro atoms. The van der Waals surface area contributed by atoms with E-state index in [2.05, 4.69) is 0 Å². The summed E-state index contributed by atoms with van der Waals surface area (Å²) in [6.07, 6.45) is 0. The molecule has 0 radical (unpaired) electrons. The van der Waals surface area contributed by atoms with Gasteiger partial charge in [0.2, 0.25) is 0 Å².